The maximum atomic E-state index is 7.49. The van der Waals surface area contributed by atoms with Gasteiger partial charge >= 0.3 is 0 Å². The fourth-order valence-electron chi connectivity index (χ4n) is 2.91. The van der Waals surface area contributed by atoms with Gasteiger partial charge < -0.3 is 20.8 Å². The van der Waals surface area contributed by atoms with Crippen LogP contribution in [0.2, 0.25) is 0 Å². The fraction of sp³-hybridized carbons (Fsp3) is 0.273. The second-order valence-corrected chi connectivity index (χ2v) is 6.55. The number of hydrogen-bond acceptors (Lipinski definition) is 4. The van der Waals surface area contributed by atoms with Crippen LogP contribution in [0, 0.1) is 22.7 Å². The number of nitrogens with zero attached hydrogens (tertiary/aromatic N) is 2. The predicted molar refractivity (Wildman–Crippen MR) is 112 cm³/mol. The van der Waals surface area contributed by atoms with Crippen LogP contribution in [0.15, 0.2) is 36.7 Å². The van der Waals surface area contributed by atoms with Gasteiger partial charge in [0.15, 0.2) is 0 Å². The van der Waals surface area contributed by atoms with Gasteiger partial charge in [-0.2, -0.15) is 0 Å². The fourth-order valence-corrected chi connectivity index (χ4v) is 2.91. The highest BCUT2D eigenvalue weighted by Gasteiger charge is 2.11. The Balaban J connectivity index is 1.73. The molecule has 0 saturated carbocycles. The minimum absolute atomic E-state index is 0.00841. The summed E-state index contributed by atoms with van der Waals surface area (Å²) in [6.45, 7) is 4.07. The topological polar surface area (TPSA) is 105 Å². The number of aromatic nitrogens is 4. The zero-order valence-corrected chi connectivity index (χ0v) is 16.1. The normalized spacial score (nSPS) is 12.6. The monoisotopic (exact) mass is 372 g/mol. The molecule has 3 aromatic rings. The van der Waals surface area contributed by atoms with E-state index in [1.54, 1.807) is 6.20 Å². The van der Waals surface area contributed by atoms with Crippen molar-refractivity contribution >= 4 is 12.4 Å². The van der Waals surface area contributed by atoms with E-state index in [4.69, 9.17) is 10.8 Å². The second kappa shape index (κ2) is 8.96. The van der Waals surface area contributed by atoms with Crippen LogP contribution in [0.4, 0.5) is 0 Å². The third-order valence-corrected chi connectivity index (χ3v) is 4.71. The van der Waals surface area contributed by atoms with Gasteiger partial charge in [0.2, 0.25) is 0 Å². The zero-order chi connectivity index (χ0) is 19.9. The molecule has 2 aromatic heterocycles. The molecule has 0 aliphatic carbocycles. The van der Waals surface area contributed by atoms with E-state index in [9.17, 15) is 0 Å². The van der Waals surface area contributed by atoms with Gasteiger partial charge in [-0.1, -0.05) is 31.9 Å². The van der Waals surface area contributed by atoms with Crippen LogP contribution in [0.3, 0.4) is 0 Å². The van der Waals surface area contributed by atoms with Crippen LogP contribution >= 0.6 is 0 Å². The first-order valence-electron chi connectivity index (χ1n) is 9.41. The van der Waals surface area contributed by atoms with Gasteiger partial charge in [0.1, 0.15) is 17.3 Å². The highest BCUT2D eigenvalue weighted by molar-refractivity contribution is 5.65. The van der Waals surface area contributed by atoms with E-state index in [1.807, 2.05) is 44.3 Å². The molecule has 2 heterocycles. The molecule has 6 heteroatoms. The van der Waals surface area contributed by atoms with E-state index >= 15 is 0 Å². The summed E-state index contributed by atoms with van der Waals surface area (Å²) in [5, 5.41) is 14.9. The summed E-state index contributed by atoms with van der Waals surface area (Å²) in [6, 6.07) is 7.96. The van der Waals surface area contributed by atoms with Gasteiger partial charge in [0.05, 0.1) is 29.9 Å². The molecule has 0 saturated heterocycles. The van der Waals surface area contributed by atoms with Gasteiger partial charge in [-0.3, -0.25) is 0 Å². The Labute approximate surface area is 164 Å². The molecule has 2 atom stereocenters. The van der Waals surface area contributed by atoms with Crippen molar-refractivity contribution in [2.24, 2.45) is 0 Å². The third-order valence-electron chi connectivity index (χ3n) is 4.71. The molecule has 0 unspecified atom stereocenters. The Bertz CT molecular complexity index is 1000. The largest absolute Gasteiger partial charge is 0.341 e. The quantitative estimate of drug-likeness (QED) is 0.362. The van der Waals surface area contributed by atoms with Crippen molar-refractivity contribution in [3.05, 3.63) is 59.6 Å². The number of H-pyrrole nitrogens is 2. The minimum atomic E-state index is 0.00841. The summed E-state index contributed by atoms with van der Waals surface area (Å²) < 4.78 is 0. The summed E-state index contributed by atoms with van der Waals surface area (Å²) in [6.07, 6.45) is 8.02. The molecule has 0 amide bonds. The van der Waals surface area contributed by atoms with Crippen molar-refractivity contribution in [3.63, 3.8) is 0 Å². The van der Waals surface area contributed by atoms with E-state index in [0.717, 1.165) is 47.0 Å². The van der Waals surface area contributed by atoms with Crippen LogP contribution in [0.1, 0.15) is 61.4 Å². The van der Waals surface area contributed by atoms with Gasteiger partial charge in [-0.05, 0) is 36.5 Å². The van der Waals surface area contributed by atoms with Gasteiger partial charge in [0, 0.05) is 18.0 Å². The molecule has 0 fully saturated rings. The van der Waals surface area contributed by atoms with Crippen molar-refractivity contribution in [2.75, 3.05) is 0 Å². The van der Waals surface area contributed by atoms with Crippen LogP contribution in [-0.2, 0) is 0 Å². The lowest BCUT2D eigenvalue weighted by atomic mass is 10.1. The van der Waals surface area contributed by atoms with Crippen molar-refractivity contribution in [1.82, 2.24) is 19.9 Å². The Morgan fingerprint density at radius 3 is 2.11 bits per heavy atom. The van der Waals surface area contributed by atoms with Crippen molar-refractivity contribution in [1.29, 1.82) is 10.8 Å². The van der Waals surface area contributed by atoms with E-state index in [1.165, 1.54) is 12.4 Å². The third kappa shape index (κ3) is 4.26. The summed E-state index contributed by atoms with van der Waals surface area (Å²) in [5.74, 6) is 7.86. The molecule has 0 aliphatic heterocycles. The van der Waals surface area contributed by atoms with E-state index in [2.05, 4.69) is 31.8 Å². The molecule has 6 nitrogen and oxygen atoms in total. The summed E-state index contributed by atoms with van der Waals surface area (Å²) in [4.78, 5) is 15.2. The standard InChI is InChI=1S/C22H24N6/c1-3-16(11-23)21-25-13-19(27-21)10-7-15-5-8-18(9-6-15)20-14-26-22(28-20)17(4-2)12-24/h5-6,8-9,11-14,16-17,23-24H,3-4H2,1-2H3,(H,25,27)(H,26,28)/t16-,17-/m0/s1. The average molecular weight is 372 g/mol. The van der Waals surface area contributed by atoms with Gasteiger partial charge in [-0.25, -0.2) is 9.97 Å². The molecule has 0 radical (unpaired) electrons. The van der Waals surface area contributed by atoms with Crippen LogP contribution in [-0.4, -0.2) is 32.4 Å². The molecular weight excluding hydrogens is 348 g/mol. The lowest BCUT2D eigenvalue weighted by Crippen LogP contribution is -2.00. The predicted octanol–water partition coefficient (Wildman–Crippen LogP) is 4.49. The molecule has 4 N–H and O–H groups in total. The van der Waals surface area contributed by atoms with Crippen LogP contribution in [0.25, 0.3) is 11.3 Å². The summed E-state index contributed by atoms with van der Waals surface area (Å²) in [5.41, 5.74) is 3.62. The van der Waals surface area contributed by atoms with E-state index < -0.39 is 0 Å². The second-order valence-electron chi connectivity index (χ2n) is 6.55. The smallest absolute Gasteiger partial charge is 0.115 e. The number of nitrogens with one attached hydrogen (secondary N) is 4. The Morgan fingerprint density at radius 2 is 1.50 bits per heavy atom. The van der Waals surface area contributed by atoms with Crippen molar-refractivity contribution < 1.29 is 0 Å². The first kappa shape index (κ1) is 19.3. The Hall–Kier alpha value is -3.46. The first-order valence-corrected chi connectivity index (χ1v) is 9.41. The average Bonchev–Trinajstić information content (AvgIpc) is 3.39. The number of hydrogen-bond donors (Lipinski definition) is 4. The zero-order valence-electron chi connectivity index (χ0n) is 16.1. The molecule has 142 valence electrons. The Morgan fingerprint density at radius 1 is 0.893 bits per heavy atom. The van der Waals surface area contributed by atoms with Crippen molar-refractivity contribution in [3.8, 4) is 23.1 Å². The van der Waals surface area contributed by atoms with Gasteiger partial charge in [0.25, 0.3) is 0 Å². The lowest BCUT2D eigenvalue weighted by molar-refractivity contribution is 0.797. The number of aromatic amines is 2. The van der Waals surface area contributed by atoms with Crippen molar-refractivity contribution in [2.45, 2.75) is 38.5 Å². The summed E-state index contributed by atoms with van der Waals surface area (Å²) >= 11 is 0. The molecule has 0 bridgehead atoms. The van der Waals surface area contributed by atoms with Gasteiger partial charge in [-0.15, -0.1) is 0 Å². The molecule has 28 heavy (non-hydrogen) atoms. The SMILES string of the molecule is CC[C@@H](C=N)c1ncc(C#Cc2ccc(-c3cnc([C@H](C=N)CC)[nH]3)cc2)[nH]1. The lowest BCUT2D eigenvalue weighted by Gasteiger charge is -2.04. The molecule has 3 rings (SSSR count). The molecule has 0 spiro atoms. The maximum absolute atomic E-state index is 7.49. The van der Waals surface area contributed by atoms with E-state index in [-0.39, 0.29) is 11.8 Å². The number of benzene rings is 1. The maximum Gasteiger partial charge on any atom is 0.115 e. The molecule has 0 aliphatic rings. The minimum Gasteiger partial charge on any atom is -0.341 e. The van der Waals surface area contributed by atoms with Crippen LogP contribution in [0.5, 0.6) is 0 Å². The van der Waals surface area contributed by atoms with Crippen LogP contribution < -0.4 is 0 Å². The highest BCUT2D eigenvalue weighted by Crippen LogP contribution is 2.21. The summed E-state index contributed by atoms with van der Waals surface area (Å²) in [7, 11) is 0. The van der Waals surface area contributed by atoms with E-state index in [0.29, 0.717) is 0 Å². The highest BCUT2D eigenvalue weighted by atomic mass is 14.9. The Kier molecular flexibility index (Phi) is 6.18. The molecule has 1 aromatic carbocycles. The number of rotatable bonds is 7. The number of imidazole rings is 2. The first-order chi connectivity index (χ1) is 13.7. The molecular formula is C22H24N6.